The first-order chi connectivity index (χ1) is 5.68. The van der Waals surface area contributed by atoms with Crippen LogP contribution in [0, 0.1) is 0 Å². The van der Waals surface area contributed by atoms with Gasteiger partial charge in [0.05, 0.1) is 13.2 Å². The van der Waals surface area contributed by atoms with Crippen LogP contribution in [0.4, 0.5) is 0 Å². The number of carboxylic acids is 1. The van der Waals surface area contributed by atoms with Crippen LogP contribution >= 0.6 is 11.6 Å². The Morgan fingerprint density at radius 2 is 2.25 bits per heavy atom. The van der Waals surface area contributed by atoms with Gasteiger partial charge < -0.3 is 9.84 Å². The van der Waals surface area contributed by atoms with Crippen molar-refractivity contribution in [3.8, 4) is 0 Å². The molecule has 12 heavy (non-hydrogen) atoms. The Morgan fingerprint density at radius 3 is 2.75 bits per heavy atom. The summed E-state index contributed by atoms with van der Waals surface area (Å²) in [6.07, 6.45) is 2.26. The van der Waals surface area contributed by atoms with Crippen LogP contribution < -0.4 is 0 Å². The number of alkyl halides is 1. The first-order valence-electron chi connectivity index (χ1n) is 3.72. The molecular weight excluding hydrogens is 180 g/mol. The molecule has 0 saturated carbocycles. The molecule has 0 atom stereocenters. The van der Waals surface area contributed by atoms with Crippen molar-refractivity contribution in [3.05, 3.63) is 11.6 Å². The summed E-state index contributed by atoms with van der Waals surface area (Å²) in [7, 11) is 0. The number of halogens is 1. The predicted molar refractivity (Wildman–Crippen MR) is 47.5 cm³/mol. The highest BCUT2D eigenvalue weighted by Gasteiger charge is 1.97. The molecule has 70 valence electrons. The molecule has 0 spiro atoms. The number of carboxylic acid groups (broad SMARTS) is 1. The van der Waals surface area contributed by atoms with Crippen molar-refractivity contribution in [3.63, 3.8) is 0 Å². The lowest BCUT2D eigenvalue weighted by Crippen LogP contribution is -1.99. The van der Waals surface area contributed by atoms with Crippen LogP contribution in [-0.2, 0) is 9.53 Å². The molecule has 0 rings (SSSR count). The van der Waals surface area contributed by atoms with Crippen LogP contribution in [0.1, 0.15) is 13.3 Å². The quantitative estimate of drug-likeness (QED) is 0.396. The Bertz CT molecular complexity index is 166. The van der Waals surface area contributed by atoms with Crippen molar-refractivity contribution < 1.29 is 14.6 Å². The molecule has 0 saturated heterocycles. The van der Waals surface area contributed by atoms with Crippen molar-refractivity contribution in [2.45, 2.75) is 13.3 Å². The molecule has 0 aromatic rings. The molecule has 0 fully saturated rings. The summed E-state index contributed by atoms with van der Waals surface area (Å²) in [4.78, 5) is 10.3. The van der Waals surface area contributed by atoms with Gasteiger partial charge in [0.15, 0.2) is 0 Å². The molecule has 0 heterocycles. The molecule has 0 aliphatic carbocycles. The molecule has 1 N–H and O–H groups in total. The fraction of sp³-hybridized carbons (Fsp3) is 0.625. The van der Waals surface area contributed by atoms with E-state index < -0.39 is 5.97 Å². The zero-order chi connectivity index (χ0) is 9.40. The fourth-order valence-electron chi connectivity index (χ4n) is 0.603. The van der Waals surface area contributed by atoms with E-state index in [1.165, 1.54) is 0 Å². The van der Waals surface area contributed by atoms with Gasteiger partial charge in [0, 0.05) is 11.5 Å². The first kappa shape index (κ1) is 11.5. The zero-order valence-corrected chi connectivity index (χ0v) is 7.80. The van der Waals surface area contributed by atoms with Gasteiger partial charge in [0.2, 0.25) is 0 Å². The maximum absolute atomic E-state index is 10.3. The summed E-state index contributed by atoms with van der Waals surface area (Å²) in [5.41, 5.74) is 0.351. The lowest BCUT2D eigenvalue weighted by atomic mass is 10.2. The van der Waals surface area contributed by atoms with E-state index in [-0.39, 0.29) is 0 Å². The lowest BCUT2D eigenvalue weighted by molar-refractivity contribution is -0.132. The average Bonchev–Trinajstić information content (AvgIpc) is 2.03. The number of hydrogen-bond donors (Lipinski definition) is 1. The van der Waals surface area contributed by atoms with Gasteiger partial charge in [-0.2, -0.15) is 0 Å². The predicted octanol–water partition coefficient (Wildman–Crippen LogP) is 1.66. The second kappa shape index (κ2) is 7.13. The topological polar surface area (TPSA) is 46.5 Å². The minimum atomic E-state index is -0.882. The van der Waals surface area contributed by atoms with Crippen LogP contribution in [-0.4, -0.2) is 30.2 Å². The highest BCUT2D eigenvalue weighted by molar-refractivity contribution is 6.17. The van der Waals surface area contributed by atoms with Crippen LogP contribution in [0.2, 0.25) is 0 Å². The van der Waals surface area contributed by atoms with Crippen LogP contribution in [0.3, 0.4) is 0 Å². The molecule has 0 aromatic heterocycles. The third-order valence-electron chi connectivity index (χ3n) is 1.27. The van der Waals surface area contributed by atoms with E-state index in [0.29, 0.717) is 31.1 Å². The smallest absolute Gasteiger partial charge is 0.330 e. The second-order valence-corrected chi connectivity index (χ2v) is 2.66. The third kappa shape index (κ3) is 6.19. The summed E-state index contributed by atoms with van der Waals surface area (Å²) in [5, 5.41) is 8.45. The summed E-state index contributed by atoms with van der Waals surface area (Å²) >= 11 is 5.36. The van der Waals surface area contributed by atoms with E-state index in [0.717, 1.165) is 0 Å². The lowest BCUT2D eigenvalue weighted by Gasteiger charge is -1.97. The van der Waals surface area contributed by atoms with Gasteiger partial charge in [-0.1, -0.05) is 6.08 Å². The number of aliphatic carboxylic acids is 1. The first-order valence-corrected chi connectivity index (χ1v) is 4.25. The summed E-state index contributed by atoms with van der Waals surface area (Å²) in [6, 6.07) is 0. The summed E-state index contributed by atoms with van der Waals surface area (Å²) in [5.74, 6) is -0.408. The molecular formula is C8H13ClO3. The summed E-state index contributed by atoms with van der Waals surface area (Å²) < 4.78 is 5.04. The third-order valence-corrected chi connectivity index (χ3v) is 1.43. The molecule has 0 unspecified atom stereocenters. The molecule has 0 aromatic carbocycles. The highest BCUT2D eigenvalue weighted by Crippen LogP contribution is 1.95. The Morgan fingerprint density at radius 1 is 1.58 bits per heavy atom. The number of ether oxygens (including phenoxy) is 1. The van der Waals surface area contributed by atoms with Gasteiger partial charge in [-0.05, 0) is 13.3 Å². The van der Waals surface area contributed by atoms with Crippen molar-refractivity contribution in [1.82, 2.24) is 0 Å². The van der Waals surface area contributed by atoms with Gasteiger partial charge in [0.25, 0.3) is 0 Å². The van der Waals surface area contributed by atoms with Gasteiger partial charge in [0.1, 0.15) is 0 Å². The van der Waals surface area contributed by atoms with Crippen molar-refractivity contribution in [2.24, 2.45) is 0 Å². The molecule has 4 heteroatoms. The SMILES string of the molecule is CC(=CCCOCCCl)C(=O)O. The Kier molecular flexibility index (Phi) is 6.81. The maximum atomic E-state index is 10.3. The van der Waals surface area contributed by atoms with E-state index in [1.54, 1.807) is 13.0 Å². The second-order valence-electron chi connectivity index (χ2n) is 2.28. The molecule has 0 bridgehead atoms. The zero-order valence-electron chi connectivity index (χ0n) is 7.05. The van der Waals surface area contributed by atoms with Gasteiger partial charge in [-0.25, -0.2) is 4.79 Å². The van der Waals surface area contributed by atoms with Crippen LogP contribution in [0.5, 0.6) is 0 Å². The van der Waals surface area contributed by atoms with Crippen LogP contribution in [0.15, 0.2) is 11.6 Å². The van der Waals surface area contributed by atoms with E-state index in [1.807, 2.05) is 0 Å². The number of hydrogen-bond acceptors (Lipinski definition) is 2. The molecule has 0 radical (unpaired) electrons. The van der Waals surface area contributed by atoms with Gasteiger partial charge in [-0.3, -0.25) is 0 Å². The molecule has 0 aliphatic rings. The Hall–Kier alpha value is -0.540. The van der Waals surface area contributed by atoms with E-state index in [4.69, 9.17) is 21.4 Å². The Labute approximate surface area is 77.0 Å². The number of carbonyl (C=O) groups is 1. The van der Waals surface area contributed by atoms with Crippen LogP contribution in [0.25, 0.3) is 0 Å². The van der Waals surface area contributed by atoms with E-state index >= 15 is 0 Å². The maximum Gasteiger partial charge on any atom is 0.330 e. The molecule has 3 nitrogen and oxygen atoms in total. The average molecular weight is 193 g/mol. The minimum absolute atomic E-state index is 0.351. The normalized spacial score (nSPS) is 11.7. The van der Waals surface area contributed by atoms with Crippen molar-refractivity contribution >= 4 is 17.6 Å². The summed E-state index contributed by atoms with van der Waals surface area (Å²) in [6.45, 7) is 2.60. The van der Waals surface area contributed by atoms with Gasteiger partial charge >= 0.3 is 5.97 Å². The van der Waals surface area contributed by atoms with E-state index in [2.05, 4.69) is 0 Å². The minimum Gasteiger partial charge on any atom is -0.478 e. The van der Waals surface area contributed by atoms with E-state index in [9.17, 15) is 4.79 Å². The fourth-order valence-corrected chi connectivity index (χ4v) is 0.712. The molecule has 0 aliphatic heterocycles. The largest absolute Gasteiger partial charge is 0.478 e. The van der Waals surface area contributed by atoms with Crippen molar-refractivity contribution in [2.75, 3.05) is 19.1 Å². The van der Waals surface area contributed by atoms with Crippen molar-refractivity contribution in [1.29, 1.82) is 0 Å². The molecule has 0 amide bonds. The Balaban J connectivity index is 3.40. The monoisotopic (exact) mass is 192 g/mol. The standard InChI is InChI=1S/C8H13ClO3/c1-7(8(10)11)3-2-5-12-6-4-9/h3H,2,4-6H2,1H3,(H,10,11). The number of rotatable bonds is 6. The van der Waals surface area contributed by atoms with Gasteiger partial charge in [-0.15, -0.1) is 11.6 Å². The highest BCUT2D eigenvalue weighted by atomic mass is 35.5.